The number of nitrogens with zero attached hydrogens (tertiary/aromatic N) is 3. The summed E-state index contributed by atoms with van der Waals surface area (Å²) in [7, 11) is 3.78. The zero-order chi connectivity index (χ0) is 17.8. The predicted octanol–water partition coefficient (Wildman–Crippen LogP) is 2.11. The molecule has 6 nitrogen and oxygen atoms in total. The molecular formula is C19H26N4O2. The van der Waals surface area contributed by atoms with Crippen molar-refractivity contribution < 1.29 is 4.74 Å². The quantitative estimate of drug-likeness (QED) is 0.902. The second-order valence-electron chi connectivity index (χ2n) is 6.77. The lowest BCUT2D eigenvalue weighted by molar-refractivity contribution is 0.260. The molecule has 1 aliphatic heterocycles. The second-order valence-corrected chi connectivity index (χ2v) is 6.77. The molecule has 0 bridgehead atoms. The van der Waals surface area contributed by atoms with Crippen LogP contribution in [0.2, 0.25) is 0 Å². The molecule has 1 fully saturated rings. The Labute approximate surface area is 148 Å². The Morgan fingerprint density at radius 2 is 2.08 bits per heavy atom. The van der Waals surface area contributed by atoms with Crippen LogP contribution < -0.4 is 15.6 Å². The SMILES string of the molecule is COc1ccc(Cn2nc(NC3CCCN(C)C3)c(C)cc2=O)cc1. The zero-order valence-electron chi connectivity index (χ0n) is 15.2. The van der Waals surface area contributed by atoms with Gasteiger partial charge >= 0.3 is 0 Å². The van der Waals surface area contributed by atoms with Gasteiger partial charge in [0.05, 0.1) is 13.7 Å². The first kappa shape index (κ1) is 17.5. The monoisotopic (exact) mass is 342 g/mol. The van der Waals surface area contributed by atoms with E-state index >= 15 is 0 Å². The molecule has 0 amide bonds. The minimum absolute atomic E-state index is 0.0837. The topological polar surface area (TPSA) is 59.4 Å². The van der Waals surface area contributed by atoms with Gasteiger partial charge < -0.3 is 15.0 Å². The maximum absolute atomic E-state index is 12.3. The van der Waals surface area contributed by atoms with Crippen molar-refractivity contribution in [2.75, 3.05) is 32.6 Å². The number of hydrogen-bond donors (Lipinski definition) is 1. The van der Waals surface area contributed by atoms with Gasteiger partial charge in [0.25, 0.3) is 5.56 Å². The number of rotatable bonds is 5. The summed E-state index contributed by atoms with van der Waals surface area (Å²) in [6.07, 6.45) is 2.31. The fourth-order valence-corrected chi connectivity index (χ4v) is 3.21. The average Bonchev–Trinajstić information content (AvgIpc) is 2.60. The minimum atomic E-state index is -0.0837. The summed E-state index contributed by atoms with van der Waals surface area (Å²) in [6, 6.07) is 9.73. The number of aryl methyl sites for hydroxylation is 1. The van der Waals surface area contributed by atoms with Gasteiger partial charge in [-0.05, 0) is 56.6 Å². The smallest absolute Gasteiger partial charge is 0.267 e. The predicted molar refractivity (Wildman–Crippen MR) is 99.5 cm³/mol. The van der Waals surface area contributed by atoms with Gasteiger partial charge in [-0.25, -0.2) is 4.68 Å². The van der Waals surface area contributed by atoms with E-state index in [2.05, 4.69) is 22.4 Å². The van der Waals surface area contributed by atoms with Crippen molar-refractivity contribution >= 4 is 5.82 Å². The van der Waals surface area contributed by atoms with Crippen LogP contribution in [0.4, 0.5) is 5.82 Å². The number of ether oxygens (including phenoxy) is 1. The van der Waals surface area contributed by atoms with E-state index in [0.29, 0.717) is 12.6 Å². The van der Waals surface area contributed by atoms with Crippen LogP contribution >= 0.6 is 0 Å². The summed E-state index contributed by atoms with van der Waals surface area (Å²) in [4.78, 5) is 14.6. The number of methoxy groups -OCH3 is 1. The van der Waals surface area contributed by atoms with Crippen molar-refractivity contribution in [3.8, 4) is 5.75 Å². The van der Waals surface area contributed by atoms with Crippen molar-refractivity contribution in [2.45, 2.75) is 32.4 Å². The lowest BCUT2D eigenvalue weighted by Gasteiger charge is -2.30. The third-order valence-electron chi connectivity index (χ3n) is 4.65. The molecule has 1 unspecified atom stereocenters. The molecular weight excluding hydrogens is 316 g/mol. The van der Waals surface area contributed by atoms with Crippen molar-refractivity contribution in [1.82, 2.24) is 14.7 Å². The van der Waals surface area contributed by atoms with Gasteiger partial charge in [-0.2, -0.15) is 5.10 Å². The van der Waals surface area contributed by atoms with Crippen LogP contribution in [0.5, 0.6) is 5.75 Å². The molecule has 0 spiro atoms. The molecule has 1 N–H and O–H groups in total. The number of nitrogens with one attached hydrogen (secondary N) is 1. The molecule has 2 heterocycles. The Morgan fingerprint density at radius 1 is 1.32 bits per heavy atom. The van der Waals surface area contributed by atoms with Gasteiger partial charge in [0.1, 0.15) is 11.6 Å². The van der Waals surface area contributed by atoms with Crippen molar-refractivity contribution in [3.63, 3.8) is 0 Å². The Bertz CT molecular complexity index is 770. The van der Waals surface area contributed by atoms with E-state index in [-0.39, 0.29) is 5.56 Å². The molecule has 25 heavy (non-hydrogen) atoms. The Hall–Kier alpha value is -2.34. The summed E-state index contributed by atoms with van der Waals surface area (Å²) < 4.78 is 6.69. The van der Waals surface area contributed by atoms with E-state index in [0.717, 1.165) is 42.2 Å². The minimum Gasteiger partial charge on any atom is -0.497 e. The third-order valence-corrected chi connectivity index (χ3v) is 4.65. The van der Waals surface area contributed by atoms with E-state index in [9.17, 15) is 4.79 Å². The lowest BCUT2D eigenvalue weighted by Crippen LogP contribution is -2.40. The molecule has 0 saturated carbocycles. The largest absolute Gasteiger partial charge is 0.497 e. The lowest BCUT2D eigenvalue weighted by atomic mass is 10.1. The fraction of sp³-hybridized carbons (Fsp3) is 0.474. The first-order valence-electron chi connectivity index (χ1n) is 8.72. The van der Waals surface area contributed by atoms with Crippen molar-refractivity contribution in [2.24, 2.45) is 0 Å². The molecule has 1 aromatic carbocycles. The van der Waals surface area contributed by atoms with E-state index in [1.807, 2.05) is 31.2 Å². The highest BCUT2D eigenvalue weighted by molar-refractivity contribution is 5.42. The Balaban J connectivity index is 1.78. The summed E-state index contributed by atoms with van der Waals surface area (Å²) in [5.41, 5.74) is 1.83. The van der Waals surface area contributed by atoms with Crippen LogP contribution in [-0.2, 0) is 6.54 Å². The third kappa shape index (κ3) is 4.39. The molecule has 3 rings (SSSR count). The Morgan fingerprint density at radius 3 is 2.76 bits per heavy atom. The molecule has 6 heteroatoms. The van der Waals surface area contributed by atoms with E-state index in [1.54, 1.807) is 13.2 Å². The summed E-state index contributed by atoms with van der Waals surface area (Å²) in [5, 5.41) is 8.09. The molecule has 1 atom stereocenters. The zero-order valence-corrected chi connectivity index (χ0v) is 15.2. The highest BCUT2D eigenvalue weighted by atomic mass is 16.5. The molecule has 0 radical (unpaired) electrons. The molecule has 134 valence electrons. The number of piperidine rings is 1. The van der Waals surface area contributed by atoms with E-state index in [1.165, 1.54) is 11.1 Å². The van der Waals surface area contributed by atoms with Crippen LogP contribution in [0.25, 0.3) is 0 Å². The van der Waals surface area contributed by atoms with Crippen LogP contribution in [0, 0.1) is 6.92 Å². The highest BCUT2D eigenvalue weighted by Gasteiger charge is 2.18. The van der Waals surface area contributed by atoms with Gasteiger partial charge in [-0.1, -0.05) is 12.1 Å². The molecule has 1 aliphatic rings. The Kier molecular flexibility index (Phi) is 5.38. The number of benzene rings is 1. The number of aromatic nitrogens is 2. The normalized spacial score (nSPS) is 18.1. The van der Waals surface area contributed by atoms with Crippen LogP contribution in [-0.4, -0.2) is 48.0 Å². The maximum Gasteiger partial charge on any atom is 0.267 e. The molecule has 2 aromatic rings. The average molecular weight is 342 g/mol. The van der Waals surface area contributed by atoms with Crippen molar-refractivity contribution in [1.29, 1.82) is 0 Å². The number of likely N-dealkylation sites (N-methyl/N-ethyl adjacent to an activating group) is 1. The standard InChI is InChI=1S/C19H26N4O2/c1-14-11-18(24)23(12-15-6-8-17(25-3)9-7-15)21-19(14)20-16-5-4-10-22(2)13-16/h6-9,11,16H,4-5,10,12-13H2,1-3H3,(H,20,21). The maximum atomic E-state index is 12.3. The summed E-state index contributed by atoms with van der Waals surface area (Å²) >= 11 is 0. The second kappa shape index (κ2) is 7.70. The van der Waals surface area contributed by atoms with Gasteiger partial charge in [0, 0.05) is 18.7 Å². The van der Waals surface area contributed by atoms with Gasteiger partial charge in [0.2, 0.25) is 0 Å². The van der Waals surface area contributed by atoms with Gasteiger partial charge in [0.15, 0.2) is 0 Å². The fourth-order valence-electron chi connectivity index (χ4n) is 3.21. The van der Waals surface area contributed by atoms with Crippen LogP contribution in [0.3, 0.4) is 0 Å². The number of likely N-dealkylation sites (tertiary alicyclic amines) is 1. The number of hydrogen-bond acceptors (Lipinski definition) is 5. The molecule has 1 aromatic heterocycles. The summed E-state index contributed by atoms with van der Waals surface area (Å²) in [5.74, 6) is 1.60. The molecule has 1 saturated heterocycles. The number of anilines is 1. The van der Waals surface area contributed by atoms with Gasteiger partial charge in [-0.15, -0.1) is 0 Å². The van der Waals surface area contributed by atoms with Crippen LogP contribution in [0.1, 0.15) is 24.0 Å². The first-order valence-corrected chi connectivity index (χ1v) is 8.72. The van der Waals surface area contributed by atoms with E-state index in [4.69, 9.17) is 4.74 Å². The van der Waals surface area contributed by atoms with Crippen LogP contribution in [0.15, 0.2) is 35.1 Å². The highest BCUT2D eigenvalue weighted by Crippen LogP contribution is 2.16. The first-order chi connectivity index (χ1) is 12.0. The van der Waals surface area contributed by atoms with Crippen molar-refractivity contribution in [3.05, 3.63) is 51.8 Å². The molecule has 0 aliphatic carbocycles. The van der Waals surface area contributed by atoms with E-state index < -0.39 is 0 Å². The summed E-state index contributed by atoms with van der Waals surface area (Å²) in [6.45, 7) is 4.52. The van der Waals surface area contributed by atoms with Gasteiger partial charge in [-0.3, -0.25) is 4.79 Å².